The zero-order valence-corrected chi connectivity index (χ0v) is 39.0. The van der Waals surface area contributed by atoms with Crippen LogP contribution in [0.5, 0.6) is 0 Å². The second-order valence-corrected chi connectivity index (χ2v) is 16.4. The van der Waals surface area contributed by atoms with E-state index < -0.39 is 5.97 Å². The third-order valence-electron chi connectivity index (χ3n) is 11.3. The molecule has 0 fully saturated rings. The number of carbonyl (C=O) groups is 1. The summed E-state index contributed by atoms with van der Waals surface area (Å²) < 4.78 is 0. The number of rotatable bonds is 45. The zero-order valence-electron chi connectivity index (χ0n) is 35.9. The third kappa shape index (κ3) is 49.0. The fourth-order valence-electron chi connectivity index (χ4n) is 7.77. The van der Waals surface area contributed by atoms with Gasteiger partial charge in [0.05, 0.1) is 0 Å². The number of nitrogens with zero attached hydrogens (tertiary/aromatic N) is 1. The first kappa shape index (κ1) is 54.2. The first-order valence-electron chi connectivity index (χ1n) is 23.6. The first-order chi connectivity index (χ1) is 24.7. The minimum atomic E-state index is -0.894. The van der Waals surface area contributed by atoms with Gasteiger partial charge in [-0.2, -0.15) is 0 Å². The van der Waals surface area contributed by atoms with E-state index in [0.717, 1.165) is 19.4 Å². The summed E-state index contributed by atoms with van der Waals surface area (Å²) in [5.74, 6) is -0.894. The molecule has 0 aliphatic carbocycles. The number of carbonyl (C=O) groups excluding carboxylic acids is 1. The summed E-state index contributed by atoms with van der Waals surface area (Å²) in [6.07, 6.45) is 56.2. The van der Waals surface area contributed by atoms with Gasteiger partial charge in [0.15, 0.2) is 0 Å². The molecule has 0 bridgehead atoms. The Morgan fingerprint density at radius 3 is 0.686 bits per heavy atom. The Morgan fingerprint density at radius 1 is 0.314 bits per heavy atom. The summed E-state index contributed by atoms with van der Waals surface area (Å²) in [5, 5.41) is 10.8. The predicted molar refractivity (Wildman–Crippen MR) is 222 cm³/mol. The molecule has 0 heterocycles. The number of unbranched alkanes of at least 4 members (excludes halogenated alkanes) is 37. The second-order valence-electron chi connectivity index (χ2n) is 16.4. The van der Waals surface area contributed by atoms with Gasteiger partial charge in [0.1, 0.15) is 0 Å². The van der Waals surface area contributed by atoms with Gasteiger partial charge < -0.3 is 14.8 Å². The van der Waals surface area contributed by atoms with Crippen molar-refractivity contribution in [2.24, 2.45) is 0 Å². The summed E-state index contributed by atoms with van der Waals surface area (Å²) in [7, 11) is 0. The molecule has 0 rings (SSSR count). The number of aliphatic carboxylic acids is 1. The molecule has 0 amide bonds. The van der Waals surface area contributed by atoms with Crippen LogP contribution in [0.2, 0.25) is 0 Å². The molecule has 0 aliphatic rings. The van der Waals surface area contributed by atoms with Gasteiger partial charge in [0, 0.05) is 5.97 Å². The number of carboxylic acids is 1. The number of hydrogen-bond donors (Lipinski definition) is 0. The Balaban J connectivity index is 0. The standard InChI is InChI=1S/C47H95NO2.K/c1-3-5-7-9-11-13-15-17-19-21-23-25-27-29-31-33-35-37-40-44-48(46-42-39-43-47(49)50)45-41-38-36-34-32-30-28-26-24-22-20-18-16-14-12-10-8-6-4-2;/h3-46H2,1-2H3,(H,49,50);/q;+1/p-1. The Labute approximate surface area is 365 Å². The van der Waals surface area contributed by atoms with Gasteiger partial charge in [-0.15, -0.1) is 0 Å². The zero-order chi connectivity index (χ0) is 36.3. The van der Waals surface area contributed by atoms with E-state index in [1.54, 1.807) is 0 Å². The van der Waals surface area contributed by atoms with Crippen LogP contribution in [0.4, 0.5) is 0 Å². The van der Waals surface area contributed by atoms with E-state index >= 15 is 0 Å². The van der Waals surface area contributed by atoms with Crippen LogP contribution >= 0.6 is 0 Å². The van der Waals surface area contributed by atoms with E-state index in [-0.39, 0.29) is 57.8 Å². The molecule has 0 aromatic heterocycles. The molecule has 0 aromatic carbocycles. The maximum absolute atomic E-state index is 10.8. The molecule has 51 heavy (non-hydrogen) atoms. The van der Waals surface area contributed by atoms with Gasteiger partial charge in [-0.25, -0.2) is 0 Å². The van der Waals surface area contributed by atoms with Crippen molar-refractivity contribution in [2.45, 2.75) is 277 Å². The molecule has 0 atom stereocenters. The van der Waals surface area contributed by atoms with Crippen molar-refractivity contribution < 1.29 is 61.3 Å². The average Bonchev–Trinajstić information content (AvgIpc) is 3.11. The van der Waals surface area contributed by atoms with Crippen molar-refractivity contribution in [3.63, 3.8) is 0 Å². The van der Waals surface area contributed by atoms with Crippen LogP contribution in [-0.2, 0) is 4.79 Å². The van der Waals surface area contributed by atoms with Gasteiger partial charge in [-0.3, -0.25) is 0 Å². The van der Waals surface area contributed by atoms with Crippen LogP contribution in [0.1, 0.15) is 277 Å². The maximum atomic E-state index is 10.8. The van der Waals surface area contributed by atoms with Crippen molar-refractivity contribution in [1.29, 1.82) is 0 Å². The summed E-state index contributed by atoms with van der Waals surface area (Å²) in [6.45, 7) is 8.06. The van der Waals surface area contributed by atoms with Crippen LogP contribution in [0, 0.1) is 0 Å². The van der Waals surface area contributed by atoms with E-state index in [1.165, 1.54) is 257 Å². The van der Waals surface area contributed by atoms with Gasteiger partial charge in [0.25, 0.3) is 0 Å². The van der Waals surface area contributed by atoms with E-state index in [1.807, 2.05) is 0 Å². The van der Waals surface area contributed by atoms with Gasteiger partial charge >= 0.3 is 51.4 Å². The SMILES string of the molecule is CCCCCCCCCCCCCCCCCCCCCN(CCCCCCCCCCCCCCCCCCCCC)CCCCC(=O)[O-].[K+]. The molecule has 0 N–H and O–H groups in total. The molecular formula is C47H94KNO2. The predicted octanol–water partition coefficient (Wildman–Crippen LogP) is 12.1. The molecule has 0 saturated carbocycles. The van der Waals surface area contributed by atoms with Gasteiger partial charge in [-0.05, 0) is 51.7 Å². The fourth-order valence-corrected chi connectivity index (χ4v) is 7.77. The minimum absolute atomic E-state index is 0. The average molecular weight is 744 g/mol. The van der Waals surface area contributed by atoms with Crippen molar-refractivity contribution in [3.8, 4) is 0 Å². The second kappa shape index (κ2) is 49.1. The molecule has 0 unspecified atom stereocenters. The number of hydrogen-bond acceptors (Lipinski definition) is 3. The first-order valence-corrected chi connectivity index (χ1v) is 23.6. The van der Waals surface area contributed by atoms with Crippen LogP contribution in [-0.4, -0.2) is 30.5 Å². The smallest absolute Gasteiger partial charge is 0.550 e. The summed E-state index contributed by atoms with van der Waals surface area (Å²) in [4.78, 5) is 13.5. The molecule has 3 nitrogen and oxygen atoms in total. The van der Waals surface area contributed by atoms with E-state index in [4.69, 9.17) is 0 Å². The van der Waals surface area contributed by atoms with E-state index in [0.29, 0.717) is 0 Å². The monoisotopic (exact) mass is 744 g/mol. The Hall–Kier alpha value is 1.07. The van der Waals surface area contributed by atoms with Gasteiger partial charge in [0.2, 0.25) is 0 Å². The molecular weight excluding hydrogens is 650 g/mol. The summed E-state index contributed by atoms with van der Waals surface area (Å²) >= 11 is 0. The maximum Gasteiger partial charge on any atom is 1.00 e. The van der Waals surface area contributed by atoms with Crippen molar-refractivity contribution in [3.05, 3.63) is 0 Å². The Kier molecular flexibility index (Phi) is 52.1. The molecule has 0 radical (unpaired) electrons. The van der Waals surface area contributed by atoms with E-state index in [9.17, 15) is 9.90 Å². The van der Waals surface area contributed by atoms with Crippen molar-refractivity contribution in [1.82, 2.24) is 4.90 Å². The quantitative estimate of drug-likeness (QED) is 0.0461. The van der Waals surface area contributed by atoms with Crippen LogP contribution in [0.3, 0.4) is 0 Å². The molecule has 4 heteroatoms. The molecule has 300 valence electrons. The minimum Gasteiger partial charge on any atom is -0.550 e. The van der Waals surface area contributed by atoms with Crippen molar-refractivity contribution >= 4 is 5.97 Å². The normalized spacial score (nSPS) is 11.4. The third-order valence-corrected chi connectivity index (χ3v) is 11.3. The van der Waals surface area contributed by atoms with Crippen molar-refractivity contribution in [2.75, 3.05) is 19.6 Å². The van der Waals surface area contributed by atoms with Crippen LogP contribution in [0.15, 0.2) is 0 Å². The fraction of sp³-hybridized carbons (Fsp3) is 0.979. The van der Waals surface area contributed by atoms with E-state index in [2.05, 4.69) is 18.7 Å². The molecule has 0 saturated heterocycles. The van der Waals surface area contributed by atoms with Crippen LogP contribution in [0.25, 0.3) is 0 Å². The summed E-state index contributed by atoms with van der Waals surface area (Å²) in [6, 6.07) is 0. The molecule has 0 aromatic rings. The van der Waals surface area contributed by atoms with Gasteiger partial charge in [-0.1, -0.05) is 245 Å². The Morgan fingerprint density at radius 2 is 0.490 bits per heavy atom. The summed E-state index contributed by atoms with van der Waals surface area (Å²) in [5.41, 5.74) is 0. The Bertz CT molecular complexity index is 587. The largest absolute Gasteiger partial charge is 1.00 e. The molecule has 0 aliphatic heterocycles. The molecule has 0 spiro atoms. The van der Waals surface area contributed by atoms with Crippen LogP contribution < -0.4 is 56.5 Å². The number of carboxylic acid groups (broad SMARTS) is 1. The topological polar surface area (TPSA) is 43.4 Å².